The number of piperidine rings is 1. The van der Waals surface area contributed by atoms with Crippen molar-refractivity contribution >= 4 is 5.82 Å². The van der Waals surface area contributed by atoms with Gasteiger partial charge in [0, 0.05) is 57.4 Å². The quantitative estimate of drug-likeness (QED) is 0.908. The average molecular weight is 345 g/mol. The van der Waals surface area contributed by atoms with Gasteiger partial charge in [-0.15, -0.1) is 0 Å². The molecule has 25 heavy (non-hydrogen) atoms. The van der Waals surface area contributed by atoms with Crippen LogP contribution in [0.4, 0.5) is 5.82 Å². The Kier molecular flexibility index (Phi) is 4.98. The molecule has 1 spiro atoms. The Morgan fingerprint density at radius 3 is 2.60 bits per heavy atom. The van der Waals surface area contributed by atoms with Crippen molar-refractivity contribution < 1.29 is 5.11 Å². The minimum atomic E-state index is -0.119. The van der Waals surface area contributed by atoms with Crippen molar-refractivity contribution in [2.75, 3.05) is 51.2 Å². The molecule has 1 N–H and O–H groups in total. The van der Waals surface area contributed by atoms with Crippen LogP contribution in [0.3, 0.4) is 0 Å². The molecule has 138 valence electrons. The highest BCUT2D eigenvalue weighted by atomic mass is 16.3. The van der Waals surface area contributed by atoms with Crippen LogP contribution in [0.2, 0.25) is 0 Å². The molecule has 0 radical (unpaired) electrons. The molecule has 1 aromatic heterocycles. The summed E-state index contributed by atoms with van der Waals surface area (Å²) < 4.78 is 0. The summed E-state index contributed by atoms with van der Waals surface area (Å²) in [6, 6.07) is 4.43. The third-order valence-corrected chi connectivity index (χ3v) is 6.60. The van der Waals surface area contributed by atoms with Gasteiger partial charge in [0.1, 0.15) is 5.82 Å². The fourth-order valence-corrected chi connectivity index (χ4v) is 4.91. The Labute approximate surface area is 151 Å². The molecular weight excluding hydrogens is 312 g/mol. The van der Waals surface area contributed by atoms with Crippen LogP contribution in [0.1, 0.15) is 37.7 Å². The number of pyridine rings is 1. The zero-order chi connectivity index (χ0) is 17.3. The van der Waals surface area contributed by atoms with E-state index in [9.17, 15) is 5.11 Å². The molecule has 1 aromatic rings. The third kappa shape index (κ3) is 3.69. The molecule has 5 heteroatoms. The normalized spacial score (nSPS) is 31.8. The summed E-state index contributed by atoms with van der Waals surface area (Å²) in [4.78, 5) is 12.1. The Bertz CT molecular complexity index is 570. The molecule has 3 fully saturated rings. The van der Waals surface area contributed by atoms with E-state index in [4.69, 9.17) is 4.98 Å². The van der Waals surface area contributed by atoms with Crippen LogP contribution in [0.25, 0.3) is 0 Å². The highest BCUT2D eigenvalue weighted by molar-refractivity contribution is 5.40. The number of hydrogen-bond acceptors (Lipinski definition) is 5. The molecule has 0 aromatic carbocycles. The van der Waals surface area contributed by atoms with Gasteiger partial charge in [0.05, 0.1) is 6.10 Å². The van der Waals surface area contributed by atoms with Crippen LogP contribution in [0.15, 0.2) is 18.3 Å². The van der Waals surface area contributed by atoms with Crippen molar-refractivity contribution in [1.82, 2.24) is 14.8 Å². The smallest absolute Gasteiger partial charge is 0.128 e. The highest BCUT2D eigenvalue weighted by Crippen LogP contribution is 2.45. The van der Waals surface area contributed by atoms with Crippen LogP contribution in [-0.4, -0.2) is 72.3 Å². The molecule has 5 nitrogen and oxygen atoms in total. The van der Waals surface area contributed by atoms with Gasteiger partial charge in [-0.3, -0.25) is 4.90 Å². The zero-order valence-corrected chi connectivity index (χ0v) is 15.5. The van der Waals surface area contributed by atoms with E-state index in [-0.39, 0.29) is 11.5 Å². The Balaban J connectivity index is 1.38. The number of piperazine rings is 1. The summed E-state index contributed by atoms with van der Waals surface area (Å²) in [5.41, 5.74) is 1.43. The van der Waals surface area contributed by atoms with Gasteiger partial charge in [0.15, 0.2) is 0 Å². The van der Waals surface area contributed by atoms with E-state index in [2.05, 4.69) is 40.1 Å². The number of aromatic nitrogens is 1. The lowest BCUT2D eigenvalue weighted by molar-refractivity contribution is 0.0408. The summed E-state index contributed by atoms with van der Waals surface area (Å²) in [6.45, 7) is 7.64. The number of nitrogens with zero attached hydrogens (tertiary/aromatic N) is 4. The topological polar surface area (TPSA) is 42.8 Å². The van der Waals surface area contributed by atoms with Gasteiger partial charge in [-0.25, -0.2) is 4.98 Å². The Morgan fingerprint density at radius 1 is 1.12 bits per heavy atom. The Hall–Kier alpha value is -1.17. The molecule has 2 atom stereocenters. The van der Waals surface area contributed by atoms with E-state index in [1.165, 1.54) is 31.2 Å². The van der Waals surface area contributed by atoms with Crippen molar-refractivity contribution in [1.29, 1.82) is 0 Å². The van der Waals surface area contributed by atoms with Gasteiger partial charge in [-0.05, 0) is 44.4 Å². The summed E-state index contributed by atoms with van der Waals surface area (Å²) in [5, 5.41) is 10.5. The van der Waals surface area contributed by atoms with Crippen LogP contribution in [0.5, 0.6) is 0 Å². The van der Waals surface area contributed by atoms with E-state index in [1.807, 2.05) is 0 Å². The van der Waals surface area contributed by atoms with E-state index in [1.54, 1.807) is 0 Å². The fourth-order valence-electron chi connectivity index (χ4n) is 4.91. The van der Waals surface area contributed by atoms with E-state index >= 15 is 0 Å². The lowest BCUT2D eigenvalue weighted by Gasteiger charge is -2.43. The van der Waals surface area contributed by atoms with Crippen molar-refractivity contribution in [3.05, 3.63) is 23.9 Å². The second-order valence-electron chi connectivity index (χ2n) is 8.40. The van der Waals surface area contributed by atoms with Crippen molar-refractivity contribution in [2.24, 2.45) is 5.41 Å². The maximum atomic E-state index is 10.5. The molecule has 1 aliphatic carbocycles. The molecule has 2 aliphatic heterocycles. The minimum absolute atomic E-state index is 0.119. The lowest BCUT2D eigenvalue weighted by atomic mass is 9.77. The standard InChI is InChI=1S/C20H32N4O/c1-22-10-12-23(13-11-22)15-17-5-6-19(21-14-17)24-9-3-8-20(16-24)7-2-4-18(20)25/h5-6,14,18,25H,2-4,7-13,15-16H2,1H3/t18-,20-/m1/s1. The molecular formula is C20H32N4O. The summed E-state index contributed by atoms with van der Waals surface area (Å²) >= 11 is 0. The van der Waals surface area contributed by atoms with Crippen molar-refractivity contribution in [3.63, 3.8) is 0 Å². The monoisotopic (exact) mass is 344 g/mol. The molecule has 0 amide bonds. The third-order valence-electron chi connectivity index (χ3n) is 6.60. The van der Waals surface area contributed by atoms with E-state index in [0.29, 0.717) is 0 Å². The van der Waals surface area contributed by atoms with Crippen LogP contribution >= 0.6 is 0 Å². The lowest BCUT2D eigenvalue weighted by Crippen LogP contribution is -2.47. The molecule has 3 heterocycles. The number of rotatable bonds is 3. The van der Waals surface area contributed by atoms with Crippen LogP contribution in [0, 0.1) is 5.41 Å². The summed E-state index contributed by atoms with van der Waals surface area (Å²) in [6.07, 6.45) is 7.60. The first-order chi connectivity index (χ1) is 12.1. The first-order valence-electron chi connectivity index (χ1n) is 9.93. The minimum Gasteiger partial charge on any atom is -0.392 e. The van der Waals surface area contributed by atoms with Crippen LogP contribution in [-0.2, 0) is 6.54 Å². The predicted octanol–water partition coefficient (Wildman–Crippen LogP) is 1.96. The number of aliphatic hydroxyl groups excluding tert-OH is 1. The first kappa shape index (κ1) is 17.3. The van der Waals surface area contributed by atoms with Gasteiger partial charge < -0.3 is 14.9 Å². The molecule has 1 saturated carbocycles. The molecule has 0 unspecified atom stereocenters. The van der Waals surface area contributed by atoms with Gasteiger partial charge in [-0.1, -0.05) is 12.5 Å². The summed E-state index contributed by atoms with van der Waals surface area (Å²) in [5.74, 6) is 1.08. The second kappa shape index (κ2) is 7.22. The average Bonchev–Trinajstić information content (AvgIpc) is 2.97. The van der Waals surface area contributed by atoms with Crippen molar-refractivity contribution in [2.45, 2.75) is 44.8 Å². The molecule has 0 bridgehead atoms. The predicted molar refractivity (Wildman–Crippen MR) is 101 cm³/mol. The molecule has 2 saturated heterocycles. The van der Waals surface area contributed by atoms with E-state index in [0.717, 1.165) is 58.1 Å². The Morgan fingerprint density at radius 2 is 1.92 bits per heavy atom. The number of aliphatic hydroxyl groups is 1. The SMILES string of the molecule is CN1CCN(Cc2ccc(N3CCC[C@]4(CCC[C@H]4O)C3)nc2)CC1. The van der Waals surface area contributed by atoms with Gasteiger partial charge in [-0.2, -0.15) is 0 Å². The fraction of sp³-hybridized carbons (Fsp3) is 0.750. The van der Waals surface area contributed by atoms with Gasteiger partial charge >= 0.3 is 0 Å². The maximum absolute atomic E-state index is 10.5. The number of anilines is 1. The van der Waals surface area contributed by atoms with Crippen molar-refractivity contribution in [3.8, 4) is 0 Å². The second-order valence-corrected chi connectivity index (χ2v) is 8.40. The highest BCUT2D eigenvalue weighted by Gasteiger charge is 2.44. The van der Waals surface area contributed by atoms with Gasteiger partial charge in [0.2, 0.25) is 0 Å². The maximum Gasteiger partial charge on any atom is 0.128 e. The molecule has 3 aliphatic rings. The largest absolute Gasteiger partial charge is 0.392 e. The number of likely N-dealkylation sites (N-methyl/N-ethyl adjacent to an activating group) is 1. The van der Waals surface area contributed by atoms with Gasteiger partial charge in [0.25, 0.3) is 0 Å². The van der Waals surface area contributed by atoms with Crippen LogP contribution < -0.4 is 4.90 Å². The zero-order valence-electron chi connectivity index (χ0n) is 15.5. The van der Waals surface area contributed by atoms with E-state index < -0.39 is 0 Å². The summed E-state index contributed by atoms with van der Waals surface area (Å²) in [7, 11) is 2.19. The first-order valence-corrected chi connectivity index (χ1v) is 9.93. The number of hydrogen-bond donors (Lipinski definition) is 1. The molecule has 4 rings (SSSR count).